The predicted octanol–water partition coefficient (Wildman–Crippen LogP) is 3.26. The lowest BCUT2D eigenvalue weighted by Gasteiger charge is -2.09. The molecule has 0 fully saturated rings. The Bertz CT molecular complexity index is 1160. The number of imidazole rings is 1. The van der Waals surface area contributed by atoms with Crippen molar-refractivity contribution in [3.8, 4) is 11.4 Å². The predicted molar refractivity (Wildman–Crippen MR) is 108 cm³/mol. The molecule has 4 rings (SSSR count). The van der Waals surface area contributed by atoms with E-state index in [9.17, 15) is 9.90 Å². The number of anilines is 1. The number of hydrogen-bond donors (Lipinski definition) is 2. The van der Waals surface area contributed by atoms with Crippen molar-refractivity contribution < 1.29 is 14.4 Å². The van der Waals surface area contributed by atoms with Crippen molar-refractivity contribution >= 4 is 17.2 Å². The van der Waals surface area contributed by atoms with Gasteiger partial charge in [-0.25, -0.2) is 4.98 Å². The number of pyridine rings is 1. The first kappa shape index (κ1) is 18.8. The van der Waals surface area contributed by atoms with E-state index < -0.39 is 6.10 Å². The highest BCUT2D eigenvalue weighted by atomic mass is 16.5. The van der Waals surface area contributed by atoms with Crippen LogP contribution in [0.4, 0.5) is 5.69 Å². The van der Waals surface area contributed by atoms with E-state index in [-0.39, 0.29) is 5.91 Å². The molecule has 8 heteroatoms. The van der Waals surface area contributed by atoms with Crippen molar-refractivity contribution in [1.82, 2.24) is 19.5 Å². The highest BCUT2D eigenvalue weighted by Crippen LogP contribution is 2.24. The summed E-state index contributed by atoms with van der Waals surface area (Å²) >= 11 is 0. The van der Waals surface area contributed by atoms with Gasteiger partial charge in [0.05, 0.1) is 18.7 Å². The molecule has 1 aromatic carbocycles. The van der Waals surface area contributed by atoms with Gasteiger partial charge >= 0.3 is 0 Å². The monoisotopic (exact) mass is 391 g/mol. The molecule has 1 amide bonds. The fraction of sp³-hybridized carbons (Fsp3) is 0.238. The number of benzene rings is 1. The molecule has 0 saturated heterocycles. The molecular weight excluding hydrogens is 370 g/mol. The Kier molecular flexibility index (Phi) is 5.09. The smallest absolute Gasteiger partial charge is 0.274 e. The van der Waals surface area contributed by atoms with Crippen LogP contribution in [-0.2, 0) is 6.42 Å². The summed E-state index contributed by atoms with van der Waals surface area (Å²) in [4.78, 5) is 21.4. The molecule has 0 radical (unpaired) electrons. The second-order valence-corrected chi connectivity index (χ2v) is 6.83. The number of carbonyl (C=O) groups is 1. The first-order valence-corrected chi connectivity index (χ1v) is 9.40. The molecule has 0 aliphatic heterocycles. The van der Waals surface area contributed by atoms with Crippen LogP contribution in [-0.4, -0.2) is 36.6 Å². The van der Waals surface area contributed by atoms with E-state index >= 15 is 0 Å². The van der Waals surface area contributed by atoms with E-state index in [2.05, 4.69) is 20.4 Å². The van der Waals surface area contributed by atoms with Gasteiger partial charge in [-0.2, -0.15) is 4.98 Å². The molecule has 1 unspecified atom stereocenters. The summed E-state index contributed by atoms with van der Waals surface area (Å²) < 4.78 is 6.96. The first-order chi connectivity index (χ1) is 14.0. The largest absolute Gasteiger partial charge is 0.393 e. The Morgan fingerprint density at radius 2 is 2.17 bits per heavy atom. The van der Waals surface area contributed by atoms with E-state index in [1.807, 2.05) is 44.2 Å². The molecule has 3 aromatic heterocycles. The summed E-state index contributed by atoms with van der Waals surface area (Å²) in [6, 6.07) is 11.1. The first-order valence-electron chi connectivity index (χ1n) is 9.40. The number of fused-ring (bicyclic) bond motifs is 1. The zero-order chi connectivity index (χ0) is 20.4. The SMILES string of the molecule is CCC(O)Cc1nc(-c2ccc(C)c(NC(=O)c3cnc4ccccn34)c2)no1. The van der Waals surface area contributed by atoms with Crippen molar-refractivity contribution in [1.29, 1.82) is 0 Å². The number of rotatable bonds is 6. The van der Waals surface area contributed by atoms with E-state index in [0.29, 0.717) is 47.1 Å². The summed E-state index contributed by atoms with van der Waals surface area (Å²) in [5.41, 5.74) is 3.42. The van der Waals surface area contributed by atoms with Gasteiger partial charge in [0.1, 0.15) is 11.3 Å². The van der Waals surface area contributed by atoms with Gasteiger partial charge in [0, 0.05) is 17.4 Å². The quantitative estimate of drug-likeness (QED) is 0.523. The average molecular weight is 391 g/mol. The van der Waals surface area contributed by atoms with Crippen molar-refractivity contribution in [2.24, 2.45) is 0 Å². The minimum absolute atomic E-state index is 0.260. The zero-order valence-corrected chi connectivity index (χ0v) is 16.2. The molecule has 2 N–H and O–H groups in total. The van der Waals surface area contributed by atoms with Crippen LogP contribution in [0.2, 0.25) is 0 Å². The van der Waals surface area contributed by atoms with Crippen LogP contribution in [0.25, 0.3) is 17.0 Å². The molecular formula is C21H21N5O3. The minimum atomic E-state index is -0.512. The van der Waals surface area contributed by atoms with Crippen molar-refractivity contribution in [3.05, 3.63) is 65.9 Å². The maximum Gasteiger partial charge on any atom is 0.274 e. The Balaban J connectivity index is 1.58. The van der Waals surface area contributed by atoms with Gasteiger partial charge < -0.3 is 14.9 Å². The summed E-state index contributed by atoms with van der Waals surface area (Å²) in [7, 11) is 0. The van der Waals surface area contributed by atoms with Gasteiger partial charge in [0.2, 0.25) is 11.7 Å². The fourth-order valence-corrected chi connectivity index (χ4v) is 2.98. The molecule has 0 aliphatic carbocycles. The molecule has 0 aliphatic rings. The number of carbonyl (C=O) groups excluding carboxylic acids is 1. The van der Waals surface area contributed by atoms with Gasteiger partial charge in [0.15, 0.2) is 0 Å². The third-order valence-electron chi connectivity index (χ3n) is 4.74. The maximum absolute atomic E-state index is 12.8. The second-order valence-electron chi connectivity index (χ2n) is 6.83. The van der Waals surface area contributed by atoms with Crippen LogP contribution >= 0.6 is 0 Å². The van der Waals surface area contributed by atoms with Gasteiger partial charge in [-0.15, -0.1) is 0 Å². The average Bonchev–Trinajstić information content (AvgIpc) is 3.36. The third kappa shape index (κ3) is 3.88. The Morgan fingerprint density at radius 1 is 1.31 bits per heavy atom. The third-order valence-corrected chi connectivity index (χ3v) is 4.74. The molecule has 0 spiro atoms. The summed E-state index contributed by atoms with van der Waals surface area (Å²) in [6.07, 6.45) is 3.76. The van der Waals surface area contributed by atoms with Gasteiger partial charge in [-0.1, -0.05) is 30.3 Å². The van der Waals surface area contributed by atoms with Crippen LogP contribution in [0.15, 0.2) is 53.3 Å². The Labute approximate surface area is 167 Å². The molecule has 29 heavy (non-hydrogen) atoms. The number of nitrogens with zero attached hydrogens (tertiary/aromatic N) is 4. The van der Waals surface area contributed by atoms with Crippen molar-refractivity contribution in [2.45, 2.75) is 32.8 Å². The van der Waals surface area contributed by atoms with E-state index in [0.717, 1.165) is 5.56 Å². The molecule has 148 valence electrons. The molecule has 1 atom stereocenters. The van der Waals surface area contributed by atoms with Gasteiger partial charge in [-0.05, 0) is 37.1 Å². The Morgan fingerprint density at radius 3 is 3.00 bits per heavy atom. The number of amides is 1. The number of aromatic nitrogens is 4. The summed E-state index contributed by atoms with van der Waals surface area (Å²) in [5, 5.41) is 16.7. The Hall–Kier alpha value is -3.52. The molecule has 3 heterocycles. The lowest BCUT2D eigenvalue weighted by atomic mass is 10.1. The van der Waals surface area contributed by atoms with E-state index in [1.165, 1.54) is 0 Å². The molecule has 8 nitrogen and oxygen atoms in total. The highest BCUT2D eigenvalue weighted by Gasteiger charge is 2.16. The number of aliphatic hydroxyl groups is 1. The topological polar surface area (TPSA) is 106 Å². The fourth-order valence-electron chi connectivity index (χ4n) is 2.98. The van der Waals surface area contributed by atoms with Crippen LogP contribution in [0.1, 0.15) is 35.3 Å². The molecule has 0 bridgehead atoms. The van der Waals surface area contributed by atoms with Crippen molar-refractivity contribution in [2.75, 3.05) is 5.32 Å². The van der Waals surface area contributed by atoms with Crippen LogP contribution in [0.3, 0.4) is 0 Å². The van der Waals surface area contributed by atoms with Gasteiger partial charge in [0.25, 0.3) is 5.91 Å². The summed E-state index contributed by atoms with van der Waals surface area (Å²) in [5.74, 6) is 0.531. The van der Waals surface area contributed by atoms with E-state index in [4.69, 9.17) is 4.52 Å². The number of nitrogens with one attached hydrogen (secondary N) is 1. The number of aliphatic hydroxyl groups excluding tert-OH is 1. The van der Waals surface area contributed by atoms with Crippen LogP contribution in [0, 0.1) is 6.92 Å². The van der Waals surface area contributed by atoms with Crippen LogP contribution in [0.5, 0.6) is 0 Å². The molecule has 0 saturated carbocycles. The normalized spacial score (nSPS) is 12.2. The molecule has 4 aromatic rings. The van der Waals surface area contributed by atoms with Gasteiger partial charge in [-0.3, -0.25) is 9.20 Å². The standard InChI is InChI=1S/C21H21N5O3/c1-3-15(27)11-19-24-20(25-29-19)14-8-7-13(2)16(10-14)23-21(28)17-12-22-18-6-4-5-9-26(17)18/h4-10,12,15,27H,3,11H2,1-2H3,(H,23,28). The second kappa shape index (κ2) is 7.84. The lowest BCUT2D eigenvalue weighted by Crippen LogP contribution is -2.15. The summed E-state index contributed by atoms with van der Waals surface area (Å²) in [6.45, 7) is 3.80. The van der Waals surface area contributed by atoms with E-state index in [1.54, 1.807) is 22.9 Å². The number of hydrogen-bond acceptors (Lipinski definition) is 6. The van der Waals surface area contributed by atoms with Crippen molar-refractivity contribution in [3.63, 3.8) is 0 Å². The van der Waals surface area contributed by atoms with Crippen LogP contribution < -0.4 is 5.32 Å². The maximum atomic E-state index is 12.8. The minimum Gasteiger partial charge on any atom is -0.393 e. The highest BCUT2D eigenvalue weighted by molar-refractivity contribution is 6.04. The zero-order valence-electron chi connectivity index (χ0n) is 16.2. The lowest BCUT2D eigenvalue weighted by molar-refractivity contribution is 0.102. The number of aryl methyl sites for hydroxylation is 1.